The number of nitrogens with one attached hydrogen (secondary N) is 1. The van der Waals surface area contributed by atoms with Crippen molar-refractivity contribution in [2.45, 2.75) is 238 Å². The lowest BCUT2D eigenvalue weighted by atomic mass is 10.0. The van der Waals surface area contributed by atoms with Crippen molar-refractivity contribution in [1.29, 1.82) is 0 Å². The SMILES string of the molecule is CCCCCCCCCCCC/C=C\CCCCCCCC(O)CC(=O)NC(COP(=O)(O)OCCN)C(O)/C=C/CCCCCCCCCCCCCC. The van der Waals surface area contributed by atoms with Crippen molar-refractivity contribution in [1.82, 2.24) is 5.32 Å². The van der Waals surface area contributed by atoms with E-state index in [1.807, 2.05) is 6.08 Å². The molecule has 0 saturated heterocycles. The van der Waals surface area contributed by atoms with Crippen LogP contribution in [0.4, 0.5) is 0 Å². The Labute approximate surface area is 339 Å². The van der Waals surface area contributed by atoms with E-state index in [0.717, 1.165) is 51.4 Å². The highest BCUT2D eigenvalue weighted by atomic mass is 31.2. The fraction of sp³-hybridized carbons (Fsp3) is 0.889. The third-order valence-corrected chi connectivity index (χ3v) is 11.3. The molecule has 0 heterocycles. The van der Waals surface area contributed by atoms with Crippen molar-refractivity contribution < 1.29 is 33.5 Å². The number of phosphoric ester groups is 1. The number of nitrogens with two attached hydrogens (primary N) is 1. The van der Waals surface area contributed by atoms with Gasteiger partial charge in [-0.2, -0.15) is 0 Å². The van der Waals surface area contributed by atoms with Gasteiger partial charge in [0.2, 0.25) is 5.91 Å². The molecule has 6 N–H and O–H groups in total. The van der Waals surface area contributed by atoms with Gasteiger partial charge in [0.1, 0.15) is 0 Å². The third-order valence-electron chi connectivity index (χ3n) is 10.3. The number of hydrogen-bond donors (Lipinski definition) is 5. The number of carbonyl (C=O) groups excluding carboxylic acids is 1. The van der Waals surface area contributed by atoms with Gasteiger partial charge in [-0.25, -0.2) is 4.57 Å². The fourth-order valence-electron chi connectivity index (χ4n) is 6.82. The molecule has 0 saturated carbocycles. The molecular formula is C45H89N2O7P. The number of aliphatic hydroxyl groups is 2. The summed E-state index contributed by atoms with van der Waals surface area (Å²) in [6, 6.07) is -0.983. The zero-order chi connectivity index (χ0) is 40.5. The van der Waals surface area contributed by atoms with Gasteiger partial charge in [0, 0.05) is 6.54 Å². The zero-order valence-corrected chi connectivity index (χ0v) is 36.7. The molecule has 4 atom stereocenters. The van der Waals surface area contributed by atoms with E-state index in [0.29, 0.717) is 6.42 Å². The Morgan fingerprint density at radius 1 is 0.618 bits per heavy atom. The molecule has 9 nitrogen and oxygen atoms in total. The second kappa shape index (κ2) is 41.1. The van der Waals surface area contributed by atoms with Crippen molar-refractivity contribution in [3.05, 3.63) is 24.3 Å². The predicted octanol–water partition coefficient (Wildman–Crippen LogP) is 11.9. The summed E-state index contributed by atoms with van der Waals surface area (Å²) >= 11 is 0. The van der Waals surface area contributed by atoms with Gasteiger partial charge >= 0.3 is 7.82 Å². The van der Waals surface area contributed by atoms with Crippen LogP contribution in [0.2, 0.25) is 0 Å². The molecule has 0 bridgehead atoms. The monoisotopic (exact) mass is 801 g/mol. The lowest BCUT2D eigenvalue weighted by Crippen LogP contribution is -2.46. The number of hydrogen-bond acceptors (Lipinski definition) is 7. The molecule has 1 amide bonds. The molecule has 0 aromatic heterocycles. The maximum atomic E-state index is 12.8. The van der Waals surface area contributed by atoms with Crippen LogP contribution in [-0.2, 0) is 18.4 Å². The summed E-state index contributed by atoms with van der Waals surface area (Å²) in [4.78, 5) is 22.8. The average Bonchev–Trinajstić information content (AvgIpc) is 3.16. The standard InChI is InChI=1S/C45H89N2O7P/c1-3-5-7-9-11-13-15-17-19-20-21-22-23-24-26-28-30-32-34-36-42(48)40-45(50)47-43(41-54-55(51,52)53-39-38-46)44(49)37-35-33-31-29-27-25-18-16-14-12-10-8-6-4-2/h22-23,35,37,42-44,48-49H,3-21,24-34,36,38-41,46H2,1-2H3,(H,47,50)(H,51,52)/b23-22-,37-35+. The maximum absolute atomic E-state index is 12.8. The van der Waals surface area contributed by atoms with E-state index < -0.39 is 38.6 Å². The summed E-state index contributed by atoms with van der Waals surface area (Å²) in [6.07, 6.45) is 44.0. The molecule has 0 spiro atoms. The Hall–Kier alpha value is -1.06. The molecule has 326 valence electrons. The molecule has 0 radical (unpaired) electrons. The number of phosphoric acid groups is 1. The van der Waals surface area contributed by atoms with Gasteiger partial charge in [-0.15, -0.1) is 0 Å². The van der Waals surface area contributed by atoms with Crippen molar-refractivity contribution in [2.24, 2.45) is 5.73 Å². The summed E-state index contributed by atoms with van der Waals surface area (Å²) in [5, 5.41) is 24.1. The van der Waals surface area contributed by atoms with Gasteiger partial charge in [0.05, 0.1) is 37.9 Å². The van der Waals surface area contributed by atoms with Crippen molar-refractivity contribution in [3.63, 3.8) is 0 Å². The minimum atomic E-state index is -4.40. The highest BCUT2D eigenvalue weighted by molar-refractivity contribution is 7.47. The van der Waals surface area contributed by atoms with Crippen LogP contribution in [0.1, 0.15) is 219 Å². The lowest BCUT2D eigenvalue weighted by Gasteiger charge is -2.24. The first-order chi connectivity index (χ1) is 26.8. The molecule has 0 aliphatic carbocycles. The van der Waals surface area contributed by atoms with E-state index in [2.05, 4.69) is 31.3 Å². The quantitative estimate of drug-likeness (QED) is 0.0232. The second-order valence-corrected chi connectivity index (χ2v) is 17.3. The Morgan fingerprint density at radius 3 is 1.45 bits per heavy atom. The Kier molecular flexibility index (Phi) is 40.3. The van der Waals surface area contributed by atoms with E-state index in [4.69, 9.17) is 14.8 Å². The minimum Gasteiger partial charge on any atom is -0.393 e. The molecular weight excluding hydrogens is 711 g/mol. The van der Waals surface area contributed by atoms with Crippen LogP contribution in [0.3, 0.4) is 0 Å². The summed E-state index contributed by atoms with van der Waals surface area (Å²) in [5.41, 5.74) is 5.36. The fourth-order valence-corrected chi connectivity index (χ4v) is 7.58. The Balaban J connectivity index is 4.26. The molecule has 0 fully saturated rings. The van der Waals surface area contributed by atoms with Crippen LogP contribution < -0.4 is 11.1 Å². The minimum absolute atomic E-state index is 0.0489. The summed E-state index contributed by atoms with van der Waals surface area (Å²) in [5.74, 6) is -0.449. The highest BCUT2D eigenvalue weighted by Gasteiger charge is 2.27. The van der Waals surface area contributed by atoms with Crippen LogP contribution in [0, 0.1) is 0 Å². The molecule has 55 heavy (non-hydrogen) atoms. The summed E-state index contributed by atoms with van der Waals surface area (Å²) < 4.78 is 22.1. The summed E-state index contributed by atoms with van der Waals surface area (Å²) in [6.45, 7) is 3.98. The number of unbranched alkanes of at least 4 members (excludes halogenated alkanes) is 27. The molecule has 0 aromatic rings. The number of amides is 1. The van der Waals surface area contributed by atoms with Gasteiger partial charge in [-0.3, -0.25) is 13.8 Å². The number of carbonyl (C=O) groups is 1. The zero-order valence-electron chi connectivity index (χ0n) is 35.8. The first kappa shape index (κ1) is 53.9. The van der Waals surface area contributed by atoms with Crippen LogP contribution in [0.25, 0.3) is 0 Å². The highest BCUT2D eigenvalue weighted by Crippen LogP contribution is 2.43. The summed E-state index contributed by atoms with van der Waals surface area (Å²) in [7, 11) is -4.40. The number of allylic oxidation sites excluding steroid dienone is 3. The molecule has 0 aromatic carbocycles. The Morgan fingerprint density at radius 2 is 1.02 bits per heavy atom. The Bertz CT molecular complexity index is 935. The third kappa shape index (κ3) is 39.5. The van der Waals surface area contributed by atoms with E-state index in [-0.39, 0.29) is 19.6 Å². The molecule has 10 heteroatoms. The molecule has 0 aliphatic rings. The van der Waals surface area contributed by atoms with E-state index in [1.54, 1.807) is 6.08 Å². The topological polar surface area (TPSA) is 151 Å². The van der Waals surface area contributed by atoms with Gasteiger partial charge in [-0.05, 0) is 44.9 Å². The van der Waals surface area contributed by atoms with Crippen molar-refractivity contribution in [2.75, 3.05) is 19.8 Å². The first-order valence-electron chi connectivity index (χ1n) is 23.0. The molecule has 4 unspecified atom stereocenters. The normalized spacial score (nSPS) is 14.8. The maximum Gasteiger partial charge on any atom is 0.472 e. The second-order valence-electron chi connectivity index (χ2n) is 15.8. The van der Waals surface area contributed by atoms with Crippen LogP contribution in [0.15, 0.2) is 24.3 Å². The van der Waals surface area contributed by atoms with Crippen molar-refractivity contribution in [3.8, 4) is 0 Å². The van der Waals surface area contributed by atoms with Crippen molar-refractivity contribution >= 4 is 13.7 Å². The largest absolute Gasteiger partial charge is 0.472 e. The van der Waals surface area contributed by atoms with Crippen LogP contribution >= 0.6 is 7.82 Å². The van der Waals surface area contributed by atoms with Crippen LogP contribution in [-0.4, -0.2) is 59.0 Å². The van der Waals surface area contributed by atoms with Gasteiger partial charge in [-0.1, -0.05) is 192 Å². The van der Waals surface area contributed by atoms with Gasteiger partial charge < -0.3 is 26.2 Å². The first-order valence-corrected chi connectivity index (χ1v) is 24.5. The average molecular weight is 801 g/mol. The van der Waals surface area contributed by atoms with E-state index in [9.17, 15) is 24.5 Å². The van der Waals surface area contributed by atoms with E-state index in [1.165, 1.54) is 141 Å². The number of rotatable bonds is 43. The predicted molar refractivity (Wildman–Crippen MR) is 232 cm³/mol. The molecule has 0 rings (SSSR count). The smallest absolute Gasteiger partial charge is 0.393 e. The van der Waals surface area contributed by atoms with E-state index >= 15 is 0 Å². The lowest BCUT2D eigenvalue weighted by molar-refractivity contribution is -0.124. The number of aliphatic hydroxyl groups excluding tert-OH is 2. The molecule has 0 aliphatic heterocycles. The van der Waals surface area contributed by atoms with Gasteiger partial charge in [0.15, 0.2) is 0 Å². The van der Waals surface area contributed by atoms with Crippen LogP contribution in [0.5, 0.6) is 0 Å². The van der Waals surface area contributed by atoms with Gasteiger partial charge in [0.25, 0.3) is 0 Å².